The highest BCUT2D eigenvalue weighted by Crippen LogP contribution is 2.37. The average Bonchev–Trinajstić information content (AvgIpc) is 3.10. The van der Waals surface area contributed by atoms with E-state index in [1.165, 1.54) is 25.1 Å². The minimum Gasteiger partial charge on any atom is -0.486 e. The number of halogens is 8. The second-order valence-electron chi connectivity index (χ2n) is 7.51. The number of hydrogen-bond donors (Lipinski definition) is 0. The molecule has 3 aromatic rings. The van der Waals surface area contributed by atoms with Crippen LogP contribution in [0.3, 0.4) is 0 Å². The van der Waals surface area contributed by atoms with Crippen molar-refractivity contribution in [3.63, 3.8) is 0 Å². The monoisotopic (exact) mass is 560 g/mol. The summed E-state index contributed by atoms with van der Waals surface area (Å²) < 4.78 is 74.8. The van der Waals surface area contributed by atoms with E-state index in [0.29, 0.717) is 10.6 Å². The fraction of sp³-hybridized carbons (Fsp3) is 0.0833. The topological polar surface area (TPSA) is 41.9 Å². The first kappa shape index (κ1) is 25.9. The van der Waals surface area contributed by atoms with Crippen LogP contribution in [-0.2, 0) is 11.4 Å². The van der Waals surface area contributed by atoms with Gasteiger partial charge in [0.25, 0.3) is 5.91 Å². The van der Waals surface area contributed by atoms with Gasteiger partial charge in [-0.05, 0) is 48.4 Å². The molecule has 0 radical (unpaired) electrons. The van der Waals surface area contributed by atoms with Crippen molar-refractivity contribution in [1.82, 2.24) is 0 Å². The Morgan fingerprint density at radius 1 is 0.889 bits per heavy atom. The van der Waals surface area contributed by atoms with Gasteiger partial charge in [0.15, 0.2) is 29.0 Å². The lowest BCUT2D eigenvalue weighted by molar-refractivity contribution is -0.114. The number of ether oxygens (including phenoxy) is 1. The van der Waals surface area contributed by atoms with Gasteiger partial charge in [0.1, 0.15) is 12.3 Å². The van der Waals surface area contributed by atoms with Gasteiger partial charge in [-0.25, -0.2) is 22.0 Å². The van der Waals surface area contributed by atoms with E-state index in [1.54, 1.807) is 24.3 Å². The zero-order valence-corrected chi connectivity index (χ0v) is 20.3. The number of amides is 1. The van der Waals surface area contributed by atoms with Crippen molar-refractivity contribution in [2.75, 3.05) is 5.01 Å². The van der Waals surface area contributed by atoms with Crippen LogP contribution in [0.15, 0.2) is 47.1 Å². The number of anilines is 1. The predicted molar refractivity (Wildman–Crippen MR) is 127 cm³/mol. The summed E-state index contributed by atoms with van der Waals surface area (Å²) in [5, 5.41) is 4.55. The molecule has 36 heavy (non-hydrogen) atoms. The molecule has 0 saturated heterocycles. The summed E-state index contributed by atoms with van der Waals surface area (Å²) >= 11 is 18.5. The van der Waals surface area contributed by atoms with E-state index < -0.39 is 40.7 Å². The number of hydrazone groups is 1. The van der Waals surface area contributed by atoms with Crippen LogP contribution < -0.4 is 9.75 Å². The van der Waals surface area contributed by atoms with Crippen molar-refractivity contribution in [3.05, 3.63) is 97.3 Å². The smallest absolute Gasteiger partial charge is 0.280 e. The zero-order valence-electron chi connectivity index (χ0n) is 18.0. The van der Waals surface area contributed by atoms with Crippen LogP contribution in [0.25, 0.3) is 6.08 Å². The van der Waals surface area contributed by atoms with Gasteiger partial charge in [0, 0.05) is 5.02 Å². The second kappa shape index (κ2) is 10.1. The van der Waals surface area contributed by atoms with E-state index in [4.69, 9.17) is 39.5 Å². The van der Waals surface area contributed by atoms with E-state index >= 15 is 0 Å². The Labute approximate surface area is 216 Å². The summed E-state index contributed by atoms with van der Waals surface area (Å²) in [4.78, 5) is 12.8. The third kappa shape index (κ3) is 4.78. The van der Waals surface area contributed by atoms with Gasteiger partial charge in [-0.1, -0.05) is 46.9 Å². The van der Waals surface area contributed by atoms with Crippen molar-refractivity contribution in [2.24, 2.45) is 5.10 Å². The number of nitrogens with zero attached hydrogens (tertiary/aromatic N) is 2. The SMILES string of the molecule is CC1=NN(c2c(F)c(F)c(F)c(F)c2F)C(=O)/C1=C/c1cc(Cl)c(OCc2ccc(Cl)cc2)c(Cl)c1. The Bertz CT molecular complexity index is 1410. The Balaban J connectivity index is 1.62. The lowest BCUT2D eigenvalue weighted by Crippen LogP contribution is -2.25. The molecule has 0 aliphatic carbocycles. The predicted octanol–water partition coefficient (Wildman–Crippen LogP) is 7.73. The average molecular weight is 562 g/mol. The number of benzene rings is 3. The molecule has 0 N–H and O–H groups in total. The minimum atomic E-state index is -2.35. The normalized spacial score (nSPS) is 14.6. The van der Waals surface area contributed by atoms with Gasteiger partial charge in [-0.2, -0.15) is 10.1 Å². The van der Waals surface area contributed by atoms with Crippen molar-refractivity contribution in [1.29, 1.82) is 0 Å². The summed E-state index contributed by atoms with van der Waals surface area (Å²) in [5.74, 6) is -12.1. The molecule has 1 amide bonds. The molecule has 0 fully saturated rings. The summed E-state index contributed by atoms with van der Waals surface area (Å²) in [5.41, 5.74) is -0.614. The first-order chi connectivity index (χ1) is 17.0. The van der Waals surface area contributed by atoms with E-state index in [0.717, 1.165) is 5.56 Å². The molecular weight excluding hydrogens is 550 g/mol. The lowest BCUT2D eigenvalue weighted by atomic mass is 10.1. The van der Waals surface area contributed by atoms with E-state index in [-0.39, 0.29) is 38.7 Å². The van der Waals surface area contributed by atoms with Crippen LogP contribution >= 0.6 is 34.8 Å². The minimum absolute atomic E-state index is 0.0424. The third-order valence-corrected chi connectivity index (χ3v) is 5.90. The summed E-state index contributed by atoms with van der Waals surface area (Å²) in [7, 11) is 0. The van der Waals surface area contributed by atoms with E-state index in [1.807, 2.05) is 0 Å². The molecule has 0 spiro atoms. The molecule has 0 bridgehead atoms. The Morgan fingerprint density at radius 3 is 1.97 bits per heavy atom. The number of carbonyl (C=O) groups excluding carboxylic acids is 1. The van der Waals surface area contributed by atoms with Gasteiger partial charge in [0.2, 0.25) is 5.82 Å². The van der Waals surface area contributed by atoms with Gasteiger partial charge in [-0.3, -0.25) is 4.79 Å². The van der Waals surface area contributed by atoms with Crippen LogP contribution in [0.2, 0.25) is 15.1 Å². The highest BCUT2D eigenvalue weighted by atomic mass is 35.5. The van der Waals surface area contributed by atoms with Gasteiger partial charge < -0.3 is 4.74 Å². The summed E-state index contributed by atoms with van der Waals surface area (Å²) in [6.07, 6.45) is 1.26. The highest BCUT2D eigenvalue weighted by Gasteiger charge is 2.37. The fourth-order valence-corrected chi connectivity index (χ4v) is 4.06. The van der Waals surface area contributed by atoms with Crippen molar-refractivity contribution < 1.29 is 31.5 Å². The molecule has 0 saturated carbocycles. The van der Waals surface area contributed by atoms with Gasteiger partial charge >= 0.3 is 0 Å². The summed E-state index contributed by atoms with van der Waals surface area (Å²) in [6.45, 7) is 1.46. The fourth-order valence-electron chi connectivity index (χ4n) is 3.32. The number of hydrogen-bond acceptors (Lipinski definition) is 3. The molecule has 0 atom stereocenters. The van der Waals surface area contributed by atoms with E-state index in [2.05, 4.69) is 5.10 Å². The molecule has 12 heteroatoms. The van der Waals surface area contributed by atoms with Crippen LogP contribution in [-0.4, -0.2) is 11.6 Å². The largest absolute Gasteiger partial charge is 0.486 e. The van der Waals surface area contributed by atoms with Crippen molar-refractivity contribution in [2.45, 2.75) is 13.5 Å². The van der Waals surface area contributed by atoms with E-state index in [9.17, 15) is 26.7 Å². The number of carbonyl (C=O) groups is 1. The quantitative estimate of drug-likeness (QED) is 0.138. The molecule has 1 aliphatic rings. The number of rotatable bonds is 5. The highest BCUT2D eigenvalue weighted by molar-refractivity contribution is 6.37. The van der Waals surface area contributed by atoms with Crippen molar-refractivity contribution in [3.8, 4) is 5.75 Å². The Morgan fingerprint density at radius 2 is 1.42 bits per heavy atom. The maximum atomic E-state index is 14.2. The molecule has 0 unspecified atom stereocenters. The van der Waals surface area contributed by atoms with Crippen LogP contribution in [0.1, 0.15) is 18.1 Å². The summed E-state index contributed by atoms with van der Waals surface area (Å²) in [6, 6.07) is 9.73. The molecular formula is C24H12Cl3F5N2O2. The molecule has 186 valence electrons. The second-order valence-corrected chi connectivity index (χ2v) is 8.76. The van der Waals surface area contributed by atoms with Gasteiger partial charge in [-0.15, -0.1) is 0 Å². The Hall–Kier alpha value is -3.14. The molecule has 4 rings (SSSR count). The maximum absolute atomic E-state index is 14.2. The molecule has 3 aromatic carbocycles. The zero-order chi connectivity index (χ0) is 26.3. The molecule has 1 aliphatic heterocycles. The lowest BCUT2D eigenvalue weighted by Gasteiger charge is -2.15. The van der Waals surface area contributed by atoms with Crippen LogP contribution in [0.5, 0.6) is 5.75 Å². The van der Waals surface area contributed by atoms with Gasteiger partial charge in [0.05, 0.1) is 21.3 Å². The first-order valence-corrected chi connectivity index (χ1v) is 11.1. The molecule has 1 heterocycles. The Kier molecular flexibility index (Phi) is 7.26. The molecule has 0 aromatic heterocycles. The third-order valence-electron chi connectivity index (χ3n) is 5.09. The van der Waals surface area contributed by atoms with Crippen LogP contribution in [0.4, 0.5) is 27.6 Å². The van der Waals surface area contributed by atoms with Crippen LogP contribution in [0, 0.1) is 29.1 Å². The maximum Gasteiger partial charge on any atom is 0.280 e. The first-order valence-electron chi connectivity index (χ1n) is 9.99. The standard InChI is InChI=1S/C24H12Cl3F5N2O2/c1-10-14(24(35)34(33-10)22-20(31)18(29)17(28)19(30)21(22)32)6-12-7-15(26)23(16(27)8-12)36-9-11-2-4-13(25)5-3-11/h2-8H,9H2,1H3/b14-6+. The molecule has 4 nitrogen and oxygen atoms in total. The van der Waals surface area contributed by atoms with Crippen molar-refractivity contribution >= 4 is 58.2 Å².